The molecule has 0 bridgehead atoms. The highest BCUT2D eigenvalue weighted by atomic mass is 32.1. The first-order valence-corrected chi connectivity index (χ1v) is 7.44. The van der Waals surface area contributed by atoms with Crippen molar-refractivity contribution in [2.75, 3.05) is 5.73 Å². The first kappa shape index (κ1) is 14.3. The summed E-state index contributed by atoms with van der Waals surface area (Å²) < 4.78 is 0. The molecule has 20 heavy (non-hydrogen) atoms. The van der Waals surface area contributed by atoms with Crippen molar-refractivity contribution < 1.29 is 4.79 Å². The van der Waals surface area contributed by atoms with E-state index in [4.69, 9.17) is 5.73 Å². The van der Waals surface area contributed by atoms with Crippen molar-refractivity contribution in [1.82, 2.24) is 5.32 Å². The first-order chi connectivity index (χ1) is 9.69. The zero-order valence-electron chi connectivity index (χ0n) is 11.4. The van der Waals surface area contributed by atoms with Gasteiger partial charge in [-0.15, -0.1) is 11.3 Å². The fourth-order valence-electron chi connectivity index (χ4n) is 1.86. The minimum atomic E-state index is -0.0814. The fourth-order valence-corrected chi connectivity index (χ4v) is 2.72. The van der Waals surface area contributed by atoms with Crippen molar-refractivity contribution in [3.63, 3.8) is 0 Å². The molecule has 0 radical (unpaired) electrons. The summed E-state index contributed by atoms with van der Waals surface area (Å²) in [7, 11) is 0. The molecule has 1 aromatic carbocycles. The third-order valence-corrected chi connectivity index (χ3v) is 3.96. The van der Waals surface area contributed by atoms with Gasteiger partial charge >= 0.3 is 0 Å². The van der Waals surface area contributed by atoms with Gasteiger partial charge in [-0.3, -0.25) is 4.79 Å². The molecule has 0 fully saturated rings. The topological polar surface area (TPSA) is 55.1 Å². The van der Waals surface area contributed by atoms with E-state index in [1.807, 2.05) is 41.8 Å². The van der Waals surface area contributed by atoms with E-state index in [1.54, 1.807) is 23.5 Å². The summed E-state index contributed by atoms with van der Waals surface area (Å²) in [5.74, 6) is -0.0814. The molecule has 0 saturated heterocycles. The Morgan fingerprint density at radius 1 is 1.35 bits per heavy atom. The highest BCUT2D eigenvalue weighted by molar-refractivity contribution is 7.10. The molecule has 0 aliphatic heterocycles. The summed E-state index contributed by atoms with van der Waals surface area (Å²) in [5, 5.41) is 5.03. The molecule has 0 aliphatic rings. The lowest BCUT2D eigenvalue weighted by atomic mass is 10.1. The van der Waals surface area contributed by atoms with Crippen LogP contribution in [0.5, 0.6) is 0 Å². The lowest BCUT2D eigenvalue weighted by molar-refractivity contribution is -0.117. The lowest BCUT2D eigenvalue weighted by Gasteiger charge is -2.13. The van der Waals surface area contributed by atoms with Crippen LogP contribution in [-0.4, -0.2) is 5.91 Å². The molecule has 2 aromatic rings. The van der Waals surface area contributed by atoms with Gasteiger partial charge in [0.05, 0.1) is 6.04 Å². The van der Waals surface area contributed by atoms with Gasteiger partial charge in [0.15, 0.2) is 0 Å². The maximum Gasteiger partial charge on any atom is 0.244 e. The molecular weight excluding hydrogens is 268 g/mol. The monoisotopic (exact) mass is 286 g/mol. The number of nitrogens with two attached hydrogens (primary N) is 1. The number of nitrogens with one attached hydrogen (secondary N) is 1. The Bertz CT molecular complexity index is 573. The molecule has 3 N–H and O–H groups in total. The van der Waals surface area contributed by atoms with E-state index < -0.39 is 0 Å². The summed E-state index contributed by atoms with van der Waals surface area (Å²) >= 11 is 1.66. The van der Waals surface area contributed by atoms with E-state index in [0.29, 0.717) is 0 Å². The van der Waals surface area contributed by atoms with Gasteiger partial charge < -0.3 is 11.1 Å². The second kappa shape index (κ2) is 6.91. The number of amides is 1. The quantitative estimate of drug-likeness (QED) is 0.651. The molecular formula is C16H18N2OS. The standard InChI is InChI=1S/C16H18N2OS/c1-2-14(15-4-3-11-20-15)18-16(19)10-7-12-5-8-13(17)9-6-12/h3-11,14H,2,17H2,1H3,(H,18,19)/b10-7+. The number of rotatable bonds is 5. The number of benzene rings is 1. The Morgan fingerprint density at radius 3 is 2.70 bits per heavy atom. The summed E-state index contributed by atoms with van der Waals surface area (Å²) in [5.41, 5.74) is 7.29. The molecule has 2 rings (SSSR count). The van der Waals surface area contributed by atoms with Crippen molar-refractivity contribution in [2.24, 2.45) is 0 Å². The molecule has 0 spiro atoms. The van der Waals surface area contributed by atoms with Crippen molar-refractivity contribution in [3.8, 4) is 0 Å². The summed E-state index contributed by atoms with van der Waals surface area (Å²) in [4.78, 5) is 13.1. The molecule has 3 nitrogen and oxygen atoms in total. The van der Waals surface area contributed by atoms with E-state index >= 15 is 0 Å². The zero-order valence-corrected chi connectivity index (χ0v) is 12.2. The summed E-state index contributed by atoms with van der Waals surface area (Å²) in [6.45, 7) is 2.06. The number of hydrogen-bond donors (Lipinski definition) is 2. The molecule has 1 amide bonds. The zero-order chi connectivity index (χ0) is 14.4. The van der Waals surface area contributed by atoms with Gasteiger partial charge in [-0.2, -0.15) is 0 Å². The molecule has 0 saturated carbocycles. The minimum absolute atomic E-state index is 0.0814. The average Bonchev–Trinajstić information content (AvgIpc) is 2.98. The lowest BCUT2D eigenvalue weighted by Crippen LogP contribution is -2.25. The van der Waals surface area contributed by atoms with Crippen LogP contribution in [0.2, 0.25) is 0 Å². The number of thiophene rings is 1. The van der Waals surface area contributed by atoms with E-state index in [0.717, 1.165) is 17.7 Å². The van der Waals surface area contributed by atoms with Gasteiger partial charge in [0.2, 0.25) is 5.91 Å². The number of nitrogen functional groups attached to an aromatic ring is 1. The Balaban J connectivity index is 1.96. The van der Waals surface area contributed by atoms with Crippen LogP contribution < -0.4 is 11.1 Å². The van der Waals surface area contributed by atoms with Crippen molar-refractivity contribution in [3.05, 3.63) is 58.3 Å². The molecule has 104 valence electrons. The van der Waals surface area contributed by atoms with E-state index in [2.05, 4.69) is 12.2 Å². The summed E-state index contributed by atoms with van der Waals surface area (Å²) in [6.07, 6.45) is 4.22. The predicted octanol–water partition coefficient (Wildman–Crippen LogP) is 3.61. The van der Waals surface area contributed by atoms with Crippen LogP contribution in [0.3, 0.4) is 0 Å². The molecule has 1 aromatic heterocycles. The van der Waals surface area contributed by atoms with Crippen LogP contribution in [0.4, 0.5) is 5.69 Å². The smallest absolute Gasteiger partial charge is 0.244 e. The minimum Gasteiger partial charge on any atom is -0.399 e. The Morgan fingerprint density at radius 2 is 2.10 bits per heavy atom. The third-order valence-electron chi connectivity index (χ3n) is 2.97. The fraction of sp³-hybridized carbons (Fsp3) is 0.188. The number of carbonyl (C=O) groups excluding carboxylic acids is 1. The normalized spacial score (nSPS) is 12.4. The Kier molecular flexibility index (Phi) is 4.96. The number of carbonyl (C=O) groups is 1. The van der Waals surface area contributed by atoms with Gasteiger partial charge in [0, 0.05) is 16.6 Å². The van der Waals surface area contributed by atoms with E-state index in [1.165, 1.54) is 4.88 Å². The van der Waals surface area contributed by atoms with Crippen LogP contribution in [0, 0.1) is 0 Å². The van der Waals surface area contributed by atoms with Crippen molar-refractivity contribution in [1.29, 1.82) is 0 Å². The van der Waals surface area contributed by atoms with Gasteiger partial charge in [-0.05, 0) is 41.6 Å². The highest BCUT2D eigenvalue weighted by Gasteiger charge is 2.11. The molecule has 4 heteroatoms. The summed E-state index contributed by atoms with van der Waals surface area (Å²) in [6, 6.07) is 11.5. The maximum atomic E-state index is 11.9. The van der Waals surface area contributed by atoms with Crippen LogP contribution in [0.25, 0.3) is 6.08 Å². The van der Waals surface area contributed by atoms with Gasteiger partial charge in [-0.25, -0.2) is 0 Å². The van der Waals surface area contributed by atoms with Crippen LogP contribution in [-0.2, 0) is 4.79 Å². The number of hydrogen-bond acceptors (Lipinski definition) is 3. The van der Waals surface area contributed by atoms with Crippen LogP contribution in [0.1, 0.15) is 29.8 Å². The van der Waals surface area contributed by atoms with E-state index in [-0.39, 0.29) is 11.9 Å². The molecule has 0 aliphatic carbocycles. The second-order valence-electron chi connectivity index (χ2n) is 4.48. The van der Waals surface area contributed by atoms with Crippen LogP contribution >= 0.6 is 11.3 Å². The Hall–Kier alpha value is -2.07. The van der Waals surface area contributed by atoms with Gasteiger partial charge in [0.25, 0.3) is 0 Å². The third kappa shape index (κ3) is 3.96. The Labute approximate surface area is 123 Å². The SMILES string of the molecule is CCC(NC(=O)/C=C/c1ccc(N)cc1)c1cccs1. The van der Waals surface area contributed by atoms with Crippen molar-refractivity contribution >= 4 is 29.0 Å². The average molecular weight is 286 g/mol. The van der Waals surface area contributed by atoms with E-state index in [9.17, 15) is 4.79 Å². The van der Waals surface area contributed by atoms with Gasteiger partial charge in [-0.1, -0.05) is 25.1 Å². The highest BCUT2D eigenvalue weighted by Crippen LogP contribution is 2.21. The van der Waals surface area contributed by atoms with Gasteiger partial charge in [0.1, 0.15) is 0 Å². The predicted molar refractivity (Wildman–Crippen MR) is 85.4 cm³/mol. The molecule has 1 unspecified atom stereocenters. The largest absolute Gasteiger partial charge is 0.399 e. The number of anilines is 1. The molecule has 1 heterocycles. The molecule has 1 atom stereocenters. The van der Waals surface area contributed by atoms with Crippen molar-refractivity contribution in [2.45, 2.75) is 19.4 Å². The van der Waals surface area contributed by atoms with Crippen LogP contribution in [0.15, 0.2) is 47.9 Å². The maximum absolute atomic E-state index is 11.9. The second-order valence-corrected chi connectivity index (χ2v) is 5.46. The first-order valence-electron chi connectivity index (χ1n) is 6.56.